The number of rotatable bonds is 4. The molecule has 0 spiro atoms. The number of hydrogen-bond donors (Lipinski definition) is 0. The minimum atomic E-state index is 0.453. The van der Waals surface area contributed by atoms with Gasteiger partial charge in [-0.15, -0.1) is 0 Å². The van der Waals surface area contributed by atoms with E-state index in [0.29, 0.717) is 17.4 Å². The maximum Gasteiger partial charge on any atom is 0.278 e. The maximum atomic E-state index is 5.26. The largest absolute Gasteiger partial charge is 0.332 e. The van der Waals surface area contributed by atoms with Crippen molar-refractivity contribution in [3.63, 3.8) is 0 Å². The molecule has 2 heterocycles. The highest BCUT2D eigenvalue weighted by Crippen LogP contribution is 2.20. The summed E-state index contributed by atoms with van der Waals surface area (Å²) in [5.41, 5.74) is 1.65. The lowest BCUT2D eigenvalue weighted by Gasteiger charge is -1.94. The number of hydrogen-bond acceptors (Lipinski definition) is 4. The van der Waals surface area contributed by atoms with Crippen molar-refractivity contribution >= 4 is 0 Å². The lowest BCUT2D eigenvalue weighted by molar-refractivity contribution is 0.430. The second-order valence-electron chi connectivity index (χ2n) is 4.25. The van der Waals surface area contributed by atoms with Crippen molar-refractivity contribution in [3.8, 4) is 23.0 Å². The van der Waals surface area contributed by atoms with Crippen LogP contribution in [0.5, 0.6) is 0 Å². The first kappa shape index (κ1) is 11.6. The van der Waals surface area contributed by atoms with E-state index < -0.39 is 0 Å². The third kappa shape index (κ3) is 2.40. The molecule has 0 unspecified atom stereocenters. The summed E-state index contributed by atoms with van der Waals surface area (Å²) in [5.74, 6) is 1.04. The zero-order chi connectivity index (χ0) is 13.1. The van der Waals surface area contributed by atoms with E-state index in [4.69, 9.17) is 4.52 Å². The third-order valence-electron chi connectivity index (χ3n) is 2.77. The van der Waals surface area contributed by atoms with Crippen molar-refractivity contribution in [2.45, 2.75) is 19.9 Å². The van der Waals surface area contributed by atoms with Crippen LogP contribution in [0.3, 0.4) is 0 Å². The zero-order valence-electron chi connectivity index (χ0n) is 10.7. The van der Waals surface area contributed by atoms with Gasteiger partial charge in [0.25, 0.3) is 5.89 Å². The minimum Gasteiger partial charge on any atom is -0.332 e. The molecule has 0 aliphatic carbocycles. The topological polar surface area (TPSA) is 56.7 Å². The SMILES string of the molecule is CCCn1ccc(-c2nc(-c3ccccc3)no2)n1. The number of benzene rings is 1. The average molecular weight is 254 g/mol. The van der Waals surface area contributed by atoms with Gasteiger partial charge in [-0.3, -0.25) is 4.68 Å². The Bertz CT molecular complexity index is 657. The van der Waals surface area contributed by atoms with Crippen molar-refractivity contribution in [2.75, 3.05) is 0 Å². The van der Waals surface area contributed by atoms with Crippen molar-refractivity contribution in [1.29, 1.82) is 0 Å². The molecule has 19 heavy (non-hydrogen) atoms. The summed E-state index contributed by atoms with van der Waals surface area (Å²) in [6, 6.07) is 11.6. The second kappa shape index (κ2) is 5.06. The molecule has 0 atom stereocenters. The fraction of sp³-hybridized carbons (Fsp3) is 0.214. The van der Waals surface area contributed by atoms with Gasteiger partial charge in [0, 0.05) is 18.3 Å². The van der Waals surface area contributed by atoms with E-state index in [1.165, 1.54) is 0 Å². The summed E-state index contributed by atoms with van der Waals surface area (Å²) in [6.45, 7) is 3.00. The third-order valence-corrected chi connectivity index (χ3v) is 2.77. The first-order chi connectivity index (χ1) is 9.36. The standard InChI is InChI=1S/C14H14N4O/c1-2-9-18-10-8-12(16-18)14-15-13(17-19-14)11-6-4-3-5-7-11/h3-8,10H,2,9H2,1H3. The molecule has 0 N–H and O–H groups in total. The van der Waals surface area contributed by atoms with E-state index in [9.17, 15) is 0 Å². The molecule has 0 fully saturated rings. The molecule has 0 aliphatic heterocycles. The highest BCUT2D eigenvalue weighted by Gasteiger charge is 2.12. The highest BCUT2D eigenvalue weighted by molar-refractivity contribution is 5.57. The van der Waals surface area contributed by atoms with Gasteiger partial charge in [-0.25, -0.2) is 0 Å². The van der Waals surface area contributed by atoms with Crippen LogP contribution in [-0.2, 0) is 6.54 Å². The molecule has 0 saturated heterocycles. The Labute approximate surface area is 110 Å². The normalized spacial score (nSPS) is 10.8. The van der Waals surface area contributed by atoms with Crippen molar-refractivity contribution < 1.29 is 4.52 Å². The van der Waals surface area contributed by atoms with Crippen LogP contribution in [0, 0.1) is 0 Å². The Balaban J connectivity index is 1.88. The molecule has 0 aliphatic rings. The zero-order valence-corrected chi connectivity index (χ0v) is 10.7. The Morgan fingerprint density at radius 2 is 2.00 bits per heavy atom. The molecule has 96 valence electrons. The van der Waals surface area contributed by atoms with E-state index in [1.54, 1.807) is 0 Å². The van der Waals surface area contributed by atoms with E-state index in [1.807, 2.05) is 47.3 Å². The van der Waals surface area contributed by atoms with Gasteiger partial charge in [-0.05, 0) is 12.5 Å². The summed E-state index contributed by atoms with van der Waals surface area (Å²) in [6.07, 6.45) is 2.96. The fourth-order valence-electron chi connectivity index (χ4n) is 1.86. The molecule has 3 rings (SSSR count). The molecule has 2 aromatic heterocycles. The molecule has 5 nitrogen and oxygen atoms in total. The summed E-state index contributed by atoms with van der Waals surface area (Å²) in [4.78, 5) is 4.37. The van der Waals surface area contributed by atoms with Crippen LogP contribution in [-0.4, -0.2) is 19.9 Å². The van der Waals surface area contributed by atoms with Gasteiger partial charge in [0.15, 0.2) is 5.69 Å². The molecular weight excluding hydrogens is 240 g/mol. The average Bonchev–Trinajstić information content (AvgIpc) is 3.08. The number of nitrogens with zero attached hydrogens (tertiary/aromatic N) is 4. The number of aryl methyl sites for hydroxylation is 1. The predicted molar refractivity (Wildman–Crippen MR) is 71.2 cm³/mol. The Morgan fingerprint density at radius 1 is 1.16 bits per heavy atom. The Hall–Kier alpha value is -2.43. The predicted octanol–water partition coefficient (Wildman–Crippen LogP) is 3.01. The molecule has 3 aromatic rings. The van der Waals surface area contributed by atoms with Gasteiger partial charge >= 0.3 is 0 Å². The lowest BCUT2D eigenvalue weighted by Crippen LogP contribution is -1.96. The highest BCUT2D eigenvalue weighted by atomic mass is 16.5. The summed E-state index contributed by atoms with van der Waals surface area (Å²) in [5, 5.41) is 8.38. The van der Waals surface area contributed by atoms with Crippen LogP contribution in [0.1, 0.15) is 13.3 Å². The van der Waals surface area contributed by atoms with Gasteiger partial charge in [0.2, 0.25) is 5.82 Å². The van der Waals surface area contributed by atoms with Crippen LogP contribution in [0.2, 0.25) is 0 Å². The summed E-state index contributed by atoms with van der Waals surface area (Å²) < 4.78 is 7.14. The quantitative estimate of drug-likeness (QED) is 0.718. The second-order valence-corrected chi connectivity index (χ2v) is 4.25. The Kier molecular flexibility index (Phi) is 3.10. The maximum absolute atomic E-state index is 5.26. The number of aromatic nitrogens is 4. The molecule has 0 saturated carbocycles. The summed E-state index contributed by atoms with van der Waals surface area (Å²) >= 11 is 0. The van der Waals surface area contributed by atoms with E-state index in [-0.39, 0.29) is 0 Å². The van der Waals surface area contributed by atoms with E-state index in [2.05, 4.69) is 22.2 Å². The molecular formula is C14H14N4O. The smallest absolute Gasteiger partial charge is 0.278 e. The molecule has 5 heteroatoms. The van der Waals surface area contributed by atoms with Crippen LogP contribution in [0.4, 0.5) is 0 Å². The molecule has 0 bridgehead atoms. The van der Waals surface area contributed by atoms with Crippen LogP contribution in [0.15, 0.2) is 47.1 Å². The fourth-order valence-corrected chi connectivity index (χ4v) is 1.86. The van der Waals surface area contributed by atoms with Crippen molar-refractivity contribution in [1.82, 2.24) is 19.9 Å². The van der Waals surface area contributed by atoms with Crippen LogP contribution >= 0.6 is 0 Å². The van der Waals surface area contributed by atoms with Gasteiger partial charge in [0.1, 0.15) is 0 Å². The molecule has 1 aromatic carbocycles. The monoisotopic (exact) mass is 254 g/mol. The van der Waals surface area contributed by atoms with Gasteiger partial charge < -0.3 is 4.52 Å². The van der Waals surface area contributed by atoms with Crippen LogP contribution in [0.25, 0.3) is 23.0 Å². The van der Waals surface area contributed by atoms with Crippen molar-refractivity contribution in [3.05, 3.63) is 42.6 Å². The van der Waals surface area contributed by atoms with Gasteiger partial charge in [0.05, 0.1) is 0 Å². The van der Waals surface area contributed by atoms with Gasteiger partial charge in [-0.2, -0.15) is 10.1 Å². The lowest BCUT2D eigenvalue weighted by atomic mass is 10.2. The van der Waals surface area contributed by atoms with E-state index >= 15 is 0 Å². The summed E-state index contributed by atoms with van der Waals surface area (Å²) in [7, 11) is 0. The first-order valence-corrected chi connectivity index (χ1v) is 6.30. The van der Waals surface area contributed by atoms with Crippen LogP contribution < -0.4 is 0 Å². The molecule has 0 amide bonds. The Morgan fingerprint density at radius 3 is 2.79 bits per heavy atom. The van der Waals surface area contributed by atoms with Crippen molar-refractivity contribution in [2.24, 2.45) is 0 Å². The van der Waals surface area contributed by atoms with E-state index in [0.717, 1.165) is 18.5 Å². The minimum absolute atomic E-state index is 0.453. The first-order valence-electron chi connectivity index (χ1n) is 6.30. The molecule has 0 radical (unpaired) electrons. The van der Waals surface area contributed by atoms with Gasteiger partial charge in [-0.1, -0.05) is 42.4 Å².